The van der Waals surface area contributed by atoms with Crippen LogP contribution in [0, 0.1) is 11.3 Å². The van der Waals surface area contributed by atoms with Crippen molar-refractivity contribution in [2.24, 2.45) is 0 Å². The molecule has 0 aliphatic carbocycles. The van der Waals surface area contributed by atoms with E-state index in [9.17, 15) is 10.1 Å². The molecule has 2 unspecified atom stereocenters. The predicted octanol–water partition coefficient (Wildman–Crippen LogP) is 3.29. The second-order valence-electron chi connectivity index (χ2n) is 10.1. The van der Waals surface area contributed by atoms with E-state index in [-0.39, 0.29) is 18.0 Å². The Morgan fingerprint density at radius 3 is 2.68 bits per heavy atom. The summed E-state index contributed by atoms with van der Waals surface area (Å²) in [6, 6.07) is 8.84. The Kier molecular flexibility index (Phi) is 5.44. The van der Waals surface area contributed by atoms with Crippen molar-refractivity contribution in [3.63, 3.8) is 0 Å². The van der Waals surface area contributed by atoms with Gasteiger partial charge < -0.3 is 14.5 Å². The maximum absolute atomic E-state index is 13.0. The largest absolute Gasteiger partial charge is 0.377 e. The van der Waals surface area contributed by atoms with Crippen molar-refractivity contribution >= 4 is 22.8 Å². The van der Waals surface area contributed by atoms with Gasteiger partial charge in [-0.05, 0) is 48.6 Å². The van der Waals surface area contributed by atoms with Crippen molar-refractivity contribution in [3.05, 3.63) is 71.9 Å². The van der Waals surface area contributed by atoms with Crippen molar-refractivity contribution in [1.82, 2.24) is 29.7 Å². The quantitative estimate of drug-likeness (QED) is 0.452. The number of anilines is 1. The summed E-state index contributed by atoms with van der Waals surface area (Å²) in [5.74, 6) is 0.946. The molecule has 2 bridgehead atoms. The second kappa shape index (κ2) is 9.11. The molecule has 0 saturated carbocycles. The van der Waals surface area contributed by atoms with Crippen LogP contribution in [0.4, 0.5) is 5.82 Å². The highest BCUT2D eigenvalue weighted by Crippen LogP contribution is 2.35. The lowest BCUT2D eigenvalue weighted by Gasteiger charge is -2.41. The molecule has 1 amide bonds. The maximum atomic E-state index is 13.0. The van der Waals surface area contributed by atoms with Crippen LogP contribution >= 0.6 is 0 Å². The minimum Gasteiger partial charge on any atom is -0.377 e. The van der Waals surface area contributed by atoms with Crippen LogP contribution in [0.1, 0.15) is 40.7 Å². The number of ether oxygens (including phenoxy) is 1. The topological polar surface area (TPSA) is 115 Å². The number of aromatic amines is 1. The van der Waals surface area contributed by atoms with Crippen LogP contribution in [-0.2, 0) is 4.74 Å². The number of aromatic nitrogens is 5. The SMILES string of the molecule is N#Cc1cnn2cc(C3=CCOCC3)cc(-c3ccc(N4CC5CCC(C4)N5C(=O)c4cn[nH]c4)nc3)c12. The number of H-pyrrole nitrogens is 1. The number of amides is 1. The molecule has 7 heterocycles. The molecule has 38 heavy (non-hydrogen) atoms. The van der Waals surface area contributed by atoms with E-state index >= 15 is 0 Å². The first-order chi connectivity index (χ1) is 18.7. The molecule has 2 fully saturated rings. The number of nitrogens with zero attached hydrogens (tertiary/aromatic N) is 7. The number of piperazine rings is 1. The molecule has 10 nitrogen and oxygen atoms in total. The number of hydrogen-bond acceptors (Lipinski definition) is 7. The number of carbonyl (C=O) groups excluding carboxylic acids is 1. The van der Waals surface area contributed by atoms with Gasteiger partial charge in [-0.1, -0.05) is 6.08 Å². The van der Waals surface area contributed by atoms with E-state index in [0.29, 0.717) is 24.3 Å². The molecular weight excluding hydrogens is 480 g/mol. The Labute approximate surface area is 219 Å². The predicted molar refractivity (Wildman–Crippen MR) is 140 cm³/mol. The molecular formula is C28H26N8O2. The van der Waals surface area contributed by atoms with E-state index in [1.54, 1.807) is 23.1 Å². The van der Waals surface area contributed by atoms with E-state index in [1.165, 1.54) is 5.57 Å². The van der Waals surface area contributed by atoms with Gasteiger partial charge in [0.1, 0.15) is 11.9 Å². The molecule has 4 aromatic heterocycles. The summed E-state index contributed by atoms with van der Waals surface area (Å²) >= 11 is 0. The summed E-state index contributed by atoms with van der Waals surface area (Å²) < 4.78 is 7.28. The van der Waals surface area contributed by atoms with E-state index in [1.807, 2.05) is 23.4 Å². The molecule has 2 saturated heterocycles. The minimum atomic E-state index is 0.0480. The molecule has 1 N–H and O–H groups in total. The molecule has 7 rings (SSSR count). The Balaban J connectivity index is 1.18. The van der Waals surface area contributed by atoms with Crippen molar-refractivity contribution in [3.8, 4) is 17.2 Å². The van der Waals surface area contributed by atoms with Gasteiger partial charge in [0.2, 0.25) is 0 Å². The fourth-order valence-electron chi connectivity index (χ4n) is 6.06. The summed E-state index contributed by atoms with van der Waals surface area (Å²) in [6.45, 7) is 2.80. The number of carbonyl (C=O) groups is 1. The van der Waals surface area contributed by atoms with Crippen molar-refractivity contribution in [2.45, 2.75) is 31.3 Å². The third-order valence-electron chi connectivity index (χ3n) is 7.91. The van der Waals surface area contributed by atoms with Crippen molar-refractivity contribution in [1.29, 1.82) is 5.26 Å². The zero-order valence-electron chi connectivity index (χ0n) is 20.7. The molecule has 0 radical (unpaired) electrons. The molecule has 3 aliphatic heterocycles. The van der Waals surface area contributed by atoms with Gasteiger partial charge >= 0.3 is 0 Å². The smallest absolute Gasteiger partial charge is 0.257 e. The Bertz CT molecular complexity index is 1570. The van der Waals surface area contributed by atoms with Crippen molar-refractivity contribution in [2.75, 3.05) is 31.2 Å². The van der Waals surface area contributed by atoms with Crippen LogP contribution in [0.25, 0.3) is 22.2 Å². The zero-order valence-corrected chi connectivity index (χ0v) is 20.7. The second-order valence-corrected chi connectivity index (χ2v) is 10.1. The summed E-state index contributed by atoms with van der Waals surface area (Å²) in [7, 11) is 0. The molecule has 10 heteroatoms. The number of nitrogens with one attached hydrogen (secondary N) is 1. The van der Waals surface area contributed by atoms with Crippen LogP contribution in [0.15, 0.2) is 55.3 Å². The Hall–Kier alpha value is -4.49. The van der Waals surface area contributed by atoms with Crippen LogP contribution in [0.3, 0.4) is 0 Å². The minimum absolute atomic E-state index is 0.0480. The number of rotatable bonds is 4. The fraction of sp³-hybridized carbons (Fsp3) is 0.321. The van der Waals surface area contributed by atoms with Crippen LogP contribution in [0.5, 0.6) is 0 Å². The summed E-state index contributed by atoms with van der Waals surface area (Å²) in [5, 5.41) is 20.9. The van der Waals surface area contributed by atoms with E-state index < -0.39 is 0 Å². The summed E-state index contributed by atoms with van der Waals surface area (Å²) in [6.07, 6.45) is 13.7. The lowest BCUT2D eigenvalue weighted by atomic mass is 9.98. The van der Waals surface area contributed by atoms with Gasteiger partial charge in [0.05, 0.1) is 54.3 Å². The number of hydrogen-bond donors (Lipinski definition) is 1. The van der Waals surface area contributed by atoms with Crippen molar-refractivity contribution < 1.29 is 9.53 Å². The first-order valence-electron chi connectivity index (χ1n) is 12.9. The first kappa shape index (κ1) is 22.7. The zero-order chi connectivity index (χ0) is 25.6. The Morgan fingerprint density at radius 2 is 2.00 bits per heavy atom. The average molecular weight is 507 g/mol. The van der Waals surface area contributed by atoms with Gasteiger partial charge in [-0.15, -0.1) is 0 Å². The third-order valence-corrected chi connectivity index (χ3v) is 7.91. The highest BCUT2D eigenvalue weighted by atomic mass is 16.5. The number of nitriles is 1. The average Bonchev–Trinajstić information content (AvgIpc) is 3.71. The van der Waals surface area contributed by atoms with Gasteiger partial charge in [-0.25, -0.2) is 9.50 Å². The Morgan fingerprint density at radius 1 is 1.13 bits per heavy atom. The standard InChI is InChI=1S/C28H26N8O2/c29-10-21-14-33-35-15-20(18-5-7-38-8-6-18)9-25(27(21)35)19-1-4-26(30-11-19)34-16-23-2-3-24(17-34)36(23)28(37)22-12-31-32-13-22/h1,4-5,9,11-15,23-24H,2-3,6-8,16-17H2,(H,31,32). The number of pyridine rings is 2. The van der Waals surface area contributed by atoms with Gasteiger partial charge in [-0.3, -0.25) is 9.89 Å². The van der Waals surface area contributed by atoms with E-state index in [2.05, 4.69) is 44.5 Å². The molecule has 3 aliphatic rings. The highest BCUT2D eigenvalue weighted by molar-refractivity contribution is 5.94. The molecule has 2 atom stereocenters. The molecule has 0 spiro atoms. The molecule has 190 valence electrons. The van der Waals surface area contributed by atoms with Crippen LogP contribution < -0.4 is 4.90 Å². The first-order valence-corrected chi connectivity index (χ1v) is 12.9. The van der Waals surface area contributed by atoms with E-state index in [4.69, 9.17) is 9.72 Å². The lowest BCUT2D eigenvalue weighted by Crippen LogP contribution is -2.56. The molecule has 4 aromatic rings. The van der Waals surface area contributed by atoms with Crippen LogP contribution in [-0.4, -0.2) is 74.0 Å². The molecule has 0 aromatic carbocycles. The van der Waals surface area contributed by atoms with Gasteiger partial charge in [0.15, 0.2) is 0 Å². The van der Waals surface area contributed by atoms with E-state index in [0.717, 1.165) is 60.4 Å². The summed E-state index contributed by atoms with van der Waals surface area (Å²) in [4.78, 5) is 22.2. The lowest BCUT2D eigenvalue weighted by molar-refractivity contribution is 0.0641. The summed E-state index contributed by atoms with van der Waals surface area (Å²) in [5.41, 5.74) is 6.08. The van der Waals surface area contributed by atoms with Gasteiger partial charge in [0, 0.05) is 42.8 Å². The third kappa shape index (κ3) is 3.74. The monoisotopic (exact) mass is 506 g/mol. The maximum Gasteiger partial charge on any atom is 0.257 e. The highest BCUT2D eigenvalue weighted by Gasteiger charge is 2.43. The van der Waals surface area contributed by atoms with Crippen LogP contribution in [0.2, 0.25) is 0 Å². The van der Waals surface area contributed by atoms with Gasteiger partial charge in [0.25, 0.3) is 5.91 Å². The normalized spacial score (nSPS) is 21.0. The van der Waals surface area contributed by atoms with Gasteiger partial charge in [-0.2, -0.15) is 15.5 Å². The number of fused-ring (bicyclic) bond motifs is 3. The fourth-order valence-corrected chi connectivity index (χ4v) is 6.06.